The van der Waals surface area contributed by atoms with Crippen molar-refractivity contribution in [1.29, 1.82) is 0 Å². The molecule has 1 aliphatic carbocycles. The maximum absolute atomic E-state index is 10.5. The SMILES string of the molecule is CC1(C)CCC(n2nnnc2SCC(=O)O)C1. The monoisotopic (exact) mass is 256 g/mol. The zero-order valence-electron chi connectivity index (χ0n) is 9.96. The number of carboxylic acids is 1. The molecule has 1 unspecified atom stereocenters. The highest BCUT2D eigenvalue weighted by molar-refractivity contribution is 7.99. The molecule has 1 aliphatic rings. The molecule has 6 nitrogen and oxygen atoms in total. The molecule has 94 valence electrons. The lowest BCUT2D eigenvalue weighted by molar-refractivity contribution is -0.133. The molecule has 1 aromatic heterocycles. The summed E-state index contributed by atoms with van der Waals surface area (Å²) in [6.07, 6.45) is 3.25. The maximum Gasteiger partial charge on any atom is 0.313 e. The van der Waals surface area contributed by atoms with Gasteiger partial charge in [-0.3, -0.25) is 4.79 Å². The smallest absolute Gasteiger partial charge is 0.313 e. The molecule has 0 aromatic carbocycles. The first-order chi connectivity index (χ1) is 7.98. The second kappa shape index (κ2) is 4.64. The number of carboxylic acid groups (broad SMARTS) is 1. The summed E-state index contributed by atoms with van der Waals surface area (Å²) in [6, 6.07) is 0.302. The number of aliphatic carboxylic acids is 1. The van der Waals surface area contributed by atoms with Gasteiger partial charge in [0.15, 0.2) is 0 Å². The zero-order valence-corrected chi connectivity index (χ0v) is 10.8. The van der Waals surface area contributed by atoms with Crippen LogP contribution in [0.15, 0.2) is 5.16 Å². The minimum Gasteiger partial charge on any atom is -0.481 e. The number of carbonyl (C=O) groups is 1. The van der Waals surface area contributed by atoms with E-state index in [9.17, 15) is 4.79 Å². The van der Waals surface area contributed by atoms with Gasteiger partial charge in [0.2, 0.25) is 5.16 Å². The highest BCUT2D eigenvalue weighted by Crippen LogP contribution is 2.43. The lowest BCUT2D eigenvalue weighted by Gasteiger charge is -2.17. The molecule has 1 saturated carbocycles. The third-order valence-electron chi connectivity index (χ3n) is 3.08. The van der Waals surface area contributed by atoms with E-state index in [-0.39, 0.29) is 5.75 Å². The summed E-state index contributed by atoms with van der Waals surface area (Å²) >= 11 is 1.18. The zero-order chi connectivity index (χ0) is 12.5. The average molecular weight is 256 g/mol. The van der Waals surface area contributed by atoms with E-state index in [2.05, 4.69) is 29.4 Å². The number of hydrogen-bond donors (Lipinski definition) is 1. The van der Waals surface area contributed by atoms with Gasteiger partial charge in [-0.25, -0.2) is 4.68 Å². The molecular formula is C10H16N4O2S. The Morgan fingerprint density at radius 2 is 2.41 bits per heavy atom. The van der Waals surface area contributed by atoms with Crippen LogP contribution in [-0.4, -0.2) is 37.0 Å². The lowest BCUT2D eigenvalue weighted by atomic mass is 9.92. The van der Waals surface area contributed by atoms with Crippen LogP contribution in [0.4, 0.5) is 0 Å². The van der Waals surface area contributed by atoms with Crippen LogP contribution in [0, 0.1) is 5.41 Å². The molecule has 0 amide bonds. The van der Waals surface area contributed by atoms with Gasteiger partial charge in [-0.1, -0.05) is 25.6 Å². The molecule has 0 aliphatic heterocycles. The van der Waals surface area contributed by atoms with Gasteiger partial charge in [-0.15, -0.1) is 5.10 Å². The molecule has 7 heteroatoms. The van der Waals surface area contributed by atoms with E-state index in [0.717, 1.165) is 19.3 Å². The Morgan fingerprint density at radius 3 is 3.00 bits per heavy atom. The second-order valence-electron chi connectivity index (χ2n) is 5.15. The topological polar surface area (TPSA) is 80.9 Å². The number of aromatic nitrogens is 4. The third kappa shape index (κ3) is 2.96. The predicted octanol–water partition coefficient (Wildman–Crippen LogP) is 1.60. The van der Waals surface area contributed by atoms with Crippen LogP contribution in [0.3, 0.4) is 0 Å². The van der Waals surface area contributed by atoms with Crippen molar-refractivity contribution in [1.82, 2.24) is 20.2 Å². The minimum atomic E-state index is -0.851. The minimum absolute atomic E-state index is 0.00349. The van der Waals surface area contributed by atoms with E-state index in [4.69, 9.17) is 5.11 Å². The van der Waals surface area contributed by atoms with Gasteiger partial charge < -0.3 is 5.11 Å². The largest absolute Gasteiger partial charge is 0.481 e. The Kier molecular flexibility index (Phi) is 3.37. The van der Waals surface area contributed by atoms with Crippen molar-refractivity contribution in [2.45, 2.75) is 44.3 Å². The summed E-state index contributed by atoms with van der Waals surface area (Å²) < 4.78 is 1.78. The molecule has 0 radical (unpaired) electrons. The van der Waals surface area contributed by atoms with Gasteiger partial charge in [0, 0.05) is 0 Å². The third-order valence-corrected chi connectivity index (χ3v) is 3.99. The summed E-state index contributed by atoms with van der Waals surface area (Å²) in [5, 5.41) is 20.8. The lowest BCUT2D eigenvalue weighted by Crippen LogP contribution is -2.12. The first-order valence-corrected chi connectivity index (χ1v) is 6.59. The van der Waals surface area contributed by atoms with Crippen LogP contribution >= 0.6 is 11.8 Å². The molecule has 17 heavy (non-hydrogen) atoms. The van der Waals surface area contributed by atoms with Crippen molar-refractivity contribution in [3.05, 3.63) is 0 Å². The summed E-state index contributed by atoms with van der Waals surface area (Å²) in [5.41, 5.74) is 0.325. The Morgan fingerprint density at radius 1 is 1.65 bits per heavy atom. The predicted molar refractivity (Wildman–Crippen MR) is 62.8 cm³/mol. The van der Waals surface area contributed by atoms with Crippen LogP contribution < -0.4 is 0 Å². The van der Waals surface area contributed by atoms with Crippen LogP contribution in [0.25, 0.3) is 0 Å². The molecule has 2 rings (SSSR count). The fourth-order valence-corrected chi connectivity index (χ4v) is 2.91. The van der Waals surface area contributed by atoms with Gasteiger partial charge in [0.25, 0.3) is 0 Å². The van der Waals surface area contributed by atoms with E-state index < -0.39 is 5.97 Å². The van der Waals surface area contributed by atoms with Gasteiger partial charge in [0.05, 0.1) is 11.8 Å². The number of rotatable bonds is 4. The fraction of sp³-hybridized carbons (Fsp3) is 0.800. The van der Waals surface area contributed by atoms with E-state index in [0.29, 0.717) is 16.6 Å². The average Bonchev–Trinajstić information content (AvgIpc) is 2.80. The highest BCUT2D eigenvalue weighted by Gasteiger charge is 2.33. The first-order valence-electron chi connectivity index (χ1n) is 5.60. The standard InChI is InChI=1S/C10H16N4O2S/c1-10(2)4-3-7(5-10)14-9(11-12-13-14)17-6-8(15)16/h7H,3-6H2,1-2H3,(H,15,16). The molecule has 0 spiro atoms. The number of tetrazole rings is 1. The molecule has 0 bridgehead atoms. The first kappa shape index (κ1) is 12.3. The van der Waals surface area contributed by atoms with Crippen molar-refractivity contribution in [3.8, 4) is 0 Å². The van der Waals surface area contributed by atoms with E-state index in [1.165, 1.54) is 11.8 Å². The number of thioether (sulfide) groups is 1. The van der Waals surface area contributed by atoms with Crippen LogP contribution in [0.2, 0.25) is 0 Å². The van der Waals surface area contributed by atoms with Crippen molar-refractivity contribution >= 4 is 17.7 Å². The van der Waals surface area contributed by atoms with Crippen LogP contribution in [-0.2, 0) is 4.79 Å². The van der Waals surface area contributed by atoms with E-state index >= 15 is 0 Å². The second-order valence-corrected chi connectivity index (χ2v) is 6.09. The van der Waals surface area contributed by atoms with Gasteiger partial charge in [0.1, 0.15) is 0 Å². The molecule has 1 N–H and O–H groups in total. The van der Waals surface area contributed by atoms with E-state index in [1.807, 2.05) is 0 Å². The van der Waals surface area contributed by atoms with Crippen molar-refractivity contribution in [2.24, 2.45) is 5.41 Å². The summed E-state index contributed by atoms with van der Waals surface area (Å²) in [7, 11) is 0. The number of nitrogens with zero attached hydrogens (tertiary/aromatic N) is 4. The molecule has 1 aromatic rings. The van der Waals surface area contributed by atoms with Crippen LogP contribution in [0.1, 0.15) is 39.2 Å². The fourth-order valence-electron chi connectivity index (χ4n) is 2.24. The normalized spacial score (nSPS) is 22.8. The molecular weight excluding hydrogens is 240 g/mol. The summed E-state index contributed by atoms with van der Waals surface area (Å²) in [6.45, 7) is 4.48. The van der Waals surface area contributed by atoms with Crippen molar-refractivity contribution in [2.75, 3.05) is 5.75 Å². The molecule has 1 atom stereocenters. The Labute approximate surface area is 104 Å². The maximum atomic E-state index is 10.5. The Balaban J connectivity index is 2.06. The number of hydrogen-bond acceptors (Lipinski definition) is 5. The molecule has 1 fully saturated rings. The van der Waals surface area contributed by atoms with Crippen LogP contribution in [0.5, 0.6) is 0 Å². The van der Waals surface area contributed by atoms with Crippen molar-refractivity contribution < 1.29 is 9.90 Å². The molecule has 1 heterocycles. The van der Waals surface area contributed by atoms with E-state index in [1.54, 1.807) is 4.68 Å². The summed E-state index contributed by atoms with van der Waals surface area (Å²) in [5.74, 6) is -0.854. The van der Waals surface area contributed by atoms with Gasteiger partial charge in [-0.2, -0.15) is 0 Å². The van der Waals surface area contributed by atoms with Crippen molar-refractivity contribution in [3.63, 3.8) is 0 Å². The Bertz CT molecular complexity index is 418. The Hall–Kier alpha value is -1.11. The summed E-state index contributed by atoms with van der Waals surface area (Å²) in [4.78, 5) is 10.5. The van der Waals surface area contributed by atoms with Gasteiger partial charge in [-0.05, 0) is 35.1 Å². The van der Waals surface area contributed by atoms with Gasteiger partial charge >= 0.3 is 5.97 Å². The molecule has 0 saturated heterocycles. The highest BCUT2D eigenvalue weighted by atomic mass is 32.2. The quantitative estimate of drug-likeness (QED) is 0.824.